The van der Waals surface area contributed by atoms with Crippen LogP contribution in [0.5, 0.6) is 0 Å². The van der Waals surface area contributed by atoms with Crippen molar-refractivity contribution in [2.75, 3.05) is 0 Å². The summed E-state index contributed by atoms with van der Waals surface area (Å²) in [4.78, 5) is 0. The van der Waals surface area contributed by atoms with E-state index in [0.29, 0.717) is 12.2 Å². The molecule has 0 bridgehead atoms. The number of nitrogens with zero attached hydrogens (tertiary/aromatic N) is 4. The molecule has 0 aliphatic heterocycles. The fraction of sp³-hybridized carbons (Fsp3) is 0.188. The second kappa shape index (κ2) is 5.46. The molecular formula is C16H16N4O. The van der Waals surface area contributed by atoms with E-state index in [4.69, 9.17) is 0 Å². The Hall–Kier alpha value is -2.53. The van der Waals surface area contributed by atoms with Crippen LogP contribution in [-0.4, -0.2) is 25.3 Å². The molecule has 5 heteroatoms. The normalized spacial score (nSPS) is 11.5. The predicted octanol–water partition coefficient (Wildman–Crippen LogP) is 1.69. The van der Waals surface area contributed by atoms with E-state index in [1.807, 2.05) is 60.7 Å². The van der Waals surface area contributed by atoms with Crippen LogP contribution in [0, 0.1) is 0 Å². The second-order valence-electron chi connectivity index (χ2n) is 4.99. The van der Waals surface area contributed by atoms with Gasteiger partial charge in [-0.25, -0.2) is 4.68 Å². The fourth-order valence-electron chi connectivity index (χ4n) is 2.43. The van der Waals surface area contributed by atoms with E-state index in [1.54, 1.807) is 11.7 Å². The van der Waals surface area contributed by atoms with Gasteiger partial charge in [0, 0.05) is 13.5 Å². The Morgan fingerprint density at radius 2 is 1.48 bits per heavy atom. The quantitative estimate of drug-likeness (QED) is 0.790. The molecule has 5 nitrogen and oxygen atoms in total. The van der Waals surface area contributed by atoms with Crippen LogP contribution in [0.4, 0.5) is 0 Å². The van der Waals surface area contributed by atoms with Crippen LogP contribution in [-0.2, 0) is 19.1 Å². The van der Waals surface area contributed by atoms with Gasteiger partial charge in [0.15, 0.2) is 5.82 Å². The maximum atomic E-state index is 11.3. The number of aromatic nitrogens is 4. The zero-order valence-corrected chi connectivity index (χ0v) is 11.7. The van der Waals surface area contributed by atoms with Gasteiger partial charge >= 0.3 is 0 Å². The molecule has 0 spiro atoms. The Balaban J connectivity index is 2.09. The van der Waals surface area contributed by atoms with Gasteiger partial charge in [0.25, 0.3) is 0 Å². The second-order valence-corrected chi connectivity index (χ2v) is 4.99. The van der Waals surface area contributed by atoms with Crippen molar-refractivity contribution in [2.45, 2.75) is 12.0 Å². The van der Waals surface area contributed by atoms with Crippen LogP contribution in [0.1, 0.15) is 17.0 Å². The summed E-state index contributed by atoms with van der Waals surface area (Å²) in [5.41, 5.74) is 0.476. The van der Waals surface area contributed by atoms with Crippen molar-refractivity contribution in [1.82, 2.24) is 20.2 Å². The van der Waals surface area contributed by atoms with Crippen LogP contribution in [0.15, 0.2) is 60.7 Å². The minimum absolute atomic E-state index is 0.310. The lowest BCUT2D eigenvalue weighted by Gasteiger charge is -2.28. The first-order chi connectivity index (χ1) is 10.2. The summed E-state index contributed by atoms with van der Waals surface area (Å²) in [5.74, 6) is 0.630. The lowest BCUT2D eigenvalue weighted by atomic mass is 9.83. The van der Waals surface area contributed by atoms with Gasteiger partial charge in [-0.3, -0.25) is 0 Å². The Bertz CT molecular complexity index is 670. The molecule has 0 aliphatic carbocycles. The van der Waals surface area contributed by atoms with Gasteiger partial charge in [-0.1, -0.05) is 60.7 Å². The molecule has 2 aromatic carbocycles. The highest BCUT2D eigenvalue weighted by molar-refractivity contribution is 5.36. The smallest absolute Gasteiger partial charge is 0.154 e. The molecule has 1 N–H and O–H groups in total. The third-order valence-electron chi connectivity index (χ3n) is 3.62. The highest BCUT2D eigenvalue weighted by atomic mass is 16.3. The predicted molar refractivity (Wildman–Crippen MR) is 78.4 cm³/mol. The number of benzene rings is 2. The zero-order valence-electron chi connectivity index (χ0n) is 11.7. The van der Waals surface area contributed by atoms with E-state index in [9.17, 15) is 5.11 Å². The monoisotopic (exact) mass is 280 g/mol. The van der Waals surface area contributed by atoms with Crippen molar-refractivity contribution >= 4 is 0 Å². The minimum Gasteiger partial charge on any atom is -0.380 e. The lowest BCUT2D eigenvalue weighted by molar-refractivity contribution is 0.0778. The van der Waals surface area contributed by atoms with Crippen molar-refractivity contribution < 1.29 is 5.11 Å². The van der Waals surface area contributed by atoms with Crippen LogP contribution in [0.2, 0.25) is 0 Å². The standard InChI is InChI=1S/C16H16N4O/c1-20-15(17-18-19-20)12-16(21,13-8-4-2-5-9-13)14-10-6-3-7-11-14/h2-11,21H,12H2,1H3. The van der Waals surface area contributed by atoms with Crippen LogP contribution < -0.4 is 0 Å². The van der Waals surface area contributed by atoms with Gasteiger partial charge in [-0.05, 0) is 21.6 Å². The van der Waals surface area contributed by atoms with E-state index < -0.39 is 5.60 Å². The summed E-state index contributed by atoms with van der Waals surface area (Å²) in [7, 11) is 1.77. The summed E-state index contributed by atoms with van der Waals surface area (Å²) in [6, 6.07) is 19.2. The molecule has 106 valence electrons. The SMILES string of the molecule is Cn1nnnc1CC(O)(c1ccccc1)c1ccccc1. The third kappa shape index (κ3) is 2.55. The van der Waals surface area contributed by atoms with E-state index in [0.717, 1.165) is 11.1 Å². The van der Waals surface area contributed by atoms with Gasteiger partial charge in [-0.2, -0.15) is 0 Å². The number of aryl methyl sites for hydroxylation is 1. The Morgan fingerprint density at radius 3 is 1.90 bits per heavy atom. The number of hydrogen-bond donors (Lipinski definition) is 1. The van der Waals surface area contributed by atoms with Gasteiger partial charge in [-0.15, -0.1) is 5.10 Å². The van der Waals surface area contributed by atoms with E-state index in [-0.39, 0.29) is 0 Å². The van der Waals surface area contributed by atoms with E-state index in [1.165, 1.54) is 0 Å². The Kier molecular flexibility index (Phi) is 3.50. The highest BCUT2D eigenvalue weighted by Gasteiger charge is 2.33. The van der Waals surface area contributed by atoms with Crippen LogP contribution >= 0.6 is 0 Å². The van der Waals surface area contributed by atoms with Crippen molar-refractivity contribution in [3.63, 3.8) is 0 Å². The molecule has 3 aromatic rings. The molecule has 0 saturated heterocycles. The summed E-state index contributed by atoms with van der Waals surface area (Å²) in [6.07, 6.45) is 0.310. The topological polar surface area (TPSA) is 63.8 Å². The number of hydrogen-bond acceptors (Lipinski definition) is 4. The maximum absolute atomic E-state index is 11.3. The molecule has 3 rings (SSSR count). The average molecular weight is 280 g/mol. The van der Waals surface area contributed by atoms with Crippen molar-refractivity contribution in [1.29, 1.82) is 0 Å². The van der Waals surface area contributed by atoms with E-state index >= 15 is 0 Å². The lowest BCUT2D eigenvalue weighted by Crippen LogP contribution is -2.31. The Morgan fingerprint density at radius 1 is 0.952 bits per heavy atom. The minimum atomic E-state index is -1.16. The number of aliphatic hydroxyl groups is 1. The van der Waals surface area contributed by atoms with Gasteiger partial charge in [0.05, 0.1) is 0 Å². The summed E-state index contributed by atoms with van der Waals surface area (Å²) >= 11 is 0. The molecule has 0 amide bonds. The molecule has 0 saturated carbocycles. The highest BCUT2D eigenvalue weighted by Crippen LogP contribution is 2.32. The third-order valence-corrected chi connectivity index (χ3v) is 3.62. The molecule has 0 aliphatic rings. The summed E-state index contributed by atoms with van der Waals surface area (Å²) in [5, 5.41) is 22.8. The molecule has 21 heavy (non-hydrogen) atoms. The number of rotatable bonds is 4. The zero-order chi connectivity index (χ0) is 14.7. The molecule has 0 atom stereocenters. The Labute approximate surface area is 122 Å². The van der Waals surface area contributed by atoms with Gasteiger partial charge in [0.2, 0.25) is 0 Å². The number of tetrazole rings is 1. The average Bonchev–Trinajstić information content (AvgIpc) is 2.94. The van der Waals surface area contributed by atoms with Crippen molar-refractivity contribution in [3.05, 3.63) is 77.6 Å². The largest absolute Gasteiger partial charge is 0.380 e. The summed E-state index contributed by atoms with van der Waals surface area (Å²) < 4.78 is 1.58. The van der Waals surface area contributed by atoms with Crippen molar-refractivity contribution in [2.24, 2.45) is 7.05 Å². The van der Waals surface area contributed by atoms with Crippen LogP contribution in [0.3, 0.4) is 0 Å². The van der Waals surface area contributed by atoms with Crippen molar-refractivity contribution in [3.8, 4) is 0 Å². The molecule has 0 radical (unpaired) electrons. The molecule has 0 unspecified atom stereocenters. The van der Waals surface area contributed by atoms with Crippen LogP contribution in [0.25, 0.3) is 0 Å². The molecule has 0 fully saturated rings. The van der Waals surface area contributed by atoms with Gasteiger partial charge < -0.3 is 5.11 Å². The first kappa shape index (κ1) is 13.5. The molecule has 1 heterocycles. The molecule has 1 aromatic heterocycles. The first-order valence-corrected chi connectivity index (χ1v) is 6.75. The van der Waals surface area contributed by atoms with E-state index in [2.05, 4.69) is 15.5 Å². The first-order valence-electron chi connectivity index (χ1n) is 6.75. The fourth-order valence-corrected chi connectivity index (χ4v) is 2.43. The van der Waals surface area contributed by atoms with Gasteiger partial charge in [0.1, 0.15) is 5.60 Å². The maximum Gasteiger partial charge on any atom is 0.154 e. The molecular weight excluding hydrogens is 264 g/mol. The summed E-state index contributed by atoms with van der Waals surface area (Å²) in [6.45, 7) is 0.